The van der Waals surface area contributed by atoms with Crippen LogP contribution in [0.5, 0.6) is 0 Å². The van der Waals surface area contributed by atoms with Crippen molar-refractivity contribution in [2.45, 2.75) is 226 Å². The van der Waals surface area contributed by atoms with Crippen LogP contribution in [0.25, 0.3) is 0 Å². The molecule has 0 aliphatic rings. The normalized spacial score (nSPS) is 13.2. The molecule has 0 spiro atoms. The third kappa shape index (κ3) is 52.5. The van der Waals surface area contributed by atoms with E-state index in [1.165, 1.54) is 70.6 Å². The van der Waals surface area contributed by atoms with Gasteiger partial charge < -0.3 is 14.2 Å². The first kappa shape index (κ1) is 63.5. The van der Waals surface area contributed by atoms with E-state index >= 15 is 0 Å². The molecule has 0 saturated heterocycles. The predicted octanol–water partition coefficient (Wildman–Crippen LogP) is 18.3. The fourth-order valence-corrected chi connectivity index (χ4v) is 6.89. The fourth-order valence-electron chi connectivity index (χ4n) is 6.89. The van der Waals surface area contributed by atoms with E-state index in [1.807, 2.05) is 24.3 Å². The Kier molecular flexibility index (Phi) is 51.5. The number of rotatable bonds is 47. The molecule has 0 aromatic heterocycles. The summed E-state index contributed by atoms with van der Waals surface area (Å²) in [6.07, 6.45) is 77.5. The molecule has 0 saturated carbocycles. The monoisotopic (exact) mass is 939 g/mol. The molecule has 0 bridgehead atoms. The smallest absolute Gasteiger partial charge is 0.306 e. The summed E-state index contributed by atoms with van der Waals surface area (Å²) in [5.41, 5.74) is 0. The SMILES string of the molecule is CC/C=C\C/C=C\C/C=C\C/C=C\C/C=C\CCC(=O)OCC(COC(=O)CCCCCCC/C=C\CCCCCCCCCCC)OC(=O)CC/C=C\C/C=C\C/C=C\C/C=C\C/C=C\CC. The molecule has 68 heavy (non-hydrogen) atoms. The number of allylic oxidation sites excluding steroid dienone is 22. The molecule has 1 unspecified atom stereocenters. The van der Waals surface area contributed by atoms with Crippen LogP contribution in [-0.4, -0.2) is 37.2 Å². The van der Waals surface area contributed by atoms with Gasteiger partial charge in [0.2, 0.25) is 0 Å². The van der Waals surface area contributed by atoms with Gasteiger partial charge in [0.25, 0.3) is 0 Å². The van der Waals surface area contributed by atoms with Gasteiger partial charge in [-0.3, -0.25) is 14.4 Å². The molecule has 0 heterocycles. The minimum absolute atomic E-state index is 0.139. The van der Waals surface area contributed by atoms with Crippen molar-refractivity contribution in [3.8, 4) is 0 Å². The predicted molar refractivity (Wildman–Crippen MR) is 292 cm³/mol. The molecular weight excluding hydrogens is 841 g/mol. The fraction of sp³-hybridized carbons (Fsp3) is 0.597. The van der Waals surface area contributed by atoms with E-state index in [-0.39, 0.29) is 38.0 Å². The first-order valence-electron chi connectivity index (χ1n) is 27.2. The van der Waals surface area contributed by atoms with Crippen LogP contribution in [0, 0.1) is 0 Å². The van der Waals surface area contributed by atoms with Gasteiger partial charge in [-0.05, 0) is 109 Å². The van der Waals surface area contributed by atoms with Crippen LogP contribution in [0.3, 0.4) is 0 Å². The zero-order chi connectivity index (χ0) is 49.3. The molecule has 0 amide bonds. The molecule has 0 aromatic rings. The van der Waals surface area contributed by atoms with E-state index in [4.69, 9.17) is 14.2 Å². The van der Waals surface area contributed by atoms with Crippen molar-refractivity contribution in [1.29, 1.82) is 0 Å². The number of unbranched alkanes of at least 4 members (excludes halogenated alkanes) is 14. The van der Waals surface area contributed by atoms with E-state index in [0.717, 1.165) is 96.3 Å². The quantitative estimate of drug-likeness (QED) is 0.0262. The van der Waals surface area contributed by atoms with Crippen molar-refractivity contribution in [2.24, 2.45) is 0 Å². The Morgan fingerprint density at radius 1 is 0.309 bits per heavy atom. The third-order valence-electron chi connectivity index (χ3n) is 10.9. The summed E-state index contributed by atoms with van der Waals surface area (Å²) in [6.45, 7) is 6.26. The Balaban J connectivity index is 4.61. The van der Waals surface area contributed by atoms with E-state index < -0.39 is 12.1 Å². The van der Waals surface area contributed by atoms with Gasteiger partial charge in [-0.15, -0.1) is 0 Å². The van der Waals surface area contributed by atoms with E-state index in [0.29, 0.717) is 19.3 Å². The minimum Gasteiger partial charge on any atom is -0.462 e. The number of carbonyl (C=O) groups is 3. The number of carbonyl (C=O) groups excluding carboxylic acids is 3. The Hall–Kier alpha value is -4.45. The maximum Gasteiger partial charge on any atom is 0.306 e. The molecule has 0 N–H and O–H groups in total. The molecular formula is C62H98O6. The second kappa shape index (κ2) is 55.1. The van der Waals surface area contributed by atoms with Crippen molar-refractivity contribution in [2.75, 3.05) is 13.2 Å². The van der Waals surface area contributed by atoms with Gasteiger partial charge in [-0.1, -0.05) is 225 Å². The van der Waals surface area contributed by atoms with Crippen LogP contribution in [-0.2, 0) is 28.6 Å². The van der Waals surface area contributed by atoms with Crippen LogP contribution in [0.1, 0.15) is 220 Å². The lowest BCUT2D eigenvalue weighted by molar-refractivity contribution is -0.166. The van der Waals surface area contributed by atoms with E-state index in [2.05, 4.69) is 130 Å². The first-order chi connectivity index (χ1) is 33.5. The molecule has 6 nitrogen and oxygen atoms in total. The van der Waals surface area contributed by atoms with Crippen molar-refractivity contribution < 1.29 is 28.6 Å². The van der Waals surface area contributed by atoms with Gasteiger partial charge >= 0.3 is 17.9 Å². The molecule has 382 valence electrons. The molecule has 0 rings (SSSR count). The largest absolute Gasteiger partial charge is 0.462 e. The Bertz CT molecular complexity index is 1500. The van der Waals surface area contributed by atoms with Crippen LogP contribution in [0.4, 0.5) is 0 Å². The van der Waals surface area contributed by atoms with Crippen LogP contribution in [0.2, 0.25) is 0 Å². The summed E-state index contributed by atoms with van der Waals surface area (Å²) >= 11 is 0. The van der Waals surface area contributed by atoms with E-state index in [9.17, 15) is 14.4 Å². The van der Waals surface area contributed by atoms with Crippen molar-refractivity contribution in [3.05, 3.63) is 134 Å². The molecule has 6 heteroatoms. The van der Waals surface area contributed by atoms with Gasteiger partial charge in [0.15, 0.2) is 6.10 Å². The second-order valence-electron chi connectivity index (χ2n) is 17.4. The van der Waals surface area contributed by atoms with Crippen molar-refractivity contribution in [1.82, 2.24) is 0 Å². The first-order valence-corrected chi connectivity index (χ1v) is 27.2. The molecule has 0 aliphatic heterocycles. The van der Waals surface area contributed by atoms with Gasteiger partial charge in [0.05, 0.1) is 0 Å². The van der Waals surface area contributed by atoms with Crippen LogP contribution >= 0.6 is 0 Å². The molecule has 1 atom stereocenters. The second-order valence-corrected chi connectivity index (χ2v) is 17.4. The van der Waals surface area contributed by atoms with Crippen LogP contribution in [0.15, 0.2) is 134 Å². The number of ether oxygens (including phenoxy) is 3. The minimum atomic E-state index is -0.856. The topological polar surface area (TPSA) is 78.9 Å². The summed E-state index contributed by atoms with van der Waals surface area (Å²) in [6, 6.07) is 0. The van der Waals surface area contributed by atoms with Gasteiger partial charge in [0.1, 0.15) is 13.2 Å². The zero-order valence-corrected chi connectivity index (χ0v) is 43.6. The summed E-state index contributed by atoms with van der Waals surface area (Å²) in [4.78, 5) is 38.0. The van der Waals surface area contributed by atoms with Gasteiger partial charge in [-0.25, -0.2) is 0 Å². The molecule has 0 aromatic carbocycles. The van der Waals surface area contributed by atoms with Gasteiger partial charge in [0, 0.05) is 19.3 Å². The number of hydrogen-bond acceptors (Lipinski definition) is 6. The highest BCUT2D eigenvalue weighted by Crippen LogP contribution is 2.13. The Morgan fingerprint density at radius 2 is 0.603 bits per heavy atom. The highest BCUT2D eigenvalue weighted by Gasteiger charge is 2.19. The third-order valence-corrected chi connectivity index (χ3v) is 10.9. The highest BCUT2D eigenvalue weighted by molar-refractivity contribution is 5.71. The highest BCUT2D eigenvalue weighted by atomic mass is 16.6. The molecule has 0 radical (unpaired) electrons. The lowest BCUT2D eigenvalue weighted by Gasteiger charge is -2.18. The van der Waals surface area contributed by atoms with Crippen molar-refractivity contribution >= 4 is 17.9 Å². The molecule has 0 aliphatic carbocycles. The summed E-state index contributed by atoms with van der Waals surface area (Å²) in [5, 5.41) is 0. The maximum absolute atomic E-state index is 12.8. The standard InChI is InChI=1S/C62H98O6/c1-4-7-10-13-16-19-22-25-28-31-32-35-37-40-43-46-49-52-55-61(64)67-58-59(68-62(65)56-53-50-47-44-41-38-34-30-27-24-21-18-15-12-9-6-3)57-66-60(63)54-51-48-45-42-39-36-33-29-26-23-20-17-14-11-8-5-2/h8-9,11-12,17-18,20-21,26-27,29-30,32,35-36,38-39,41,45,47-48,50,59H,4-7,10,13-16,19,22-25,28,31,33-34,37,40,42-44,46,49,51-58H2,1-3H3/b11-8-,12-9-,20-17-,21-18-,29-26-,30-27-,35-32-,39-36-,41-38-,48-45-,50-47-. The van der Waals surface area contributed by atoms with E-state index in [1.54, 1.807) is 0 Å². The van der Waals surface area contributed by atoms with Crippen molar-refractivity contribution in [3.63, 3.8) is 0 Å². The maximum atomic E-state index is 12.8. The lowest BCUT2D eigenvalue weighted by atomic mass is 10.1. The lowest BCUT2D eigenvalue weighted by Crippen LogP contribution is -2.30. The summed E-state index contributed by atoms with van der Waals surface area (Å²) in [5.74, 6) is -1.12. The Morgan fingerprint density at radius 3 is 0.985 bits per heavy atom. The average molecular weight is 939 g/mol. The van der Waals surface area contributed by atoms with Gasteiger partial charge in [-0.2, -0.15) is 0 Å². The summed E-state index contributed by atoms with van der Waals surface area (Å²) < 4.78 is 16.7. The Labute approximate surface area is 417 Å². The zero-order valence-electron chi connectivity index (χ0n) is 43.6. The summed E-state index contributed by atoms with van der Waals surface area (Å²) in [7, 11) is 0. The number of esters is 3. The average Bonchev–Trinajstić information content (AvgIpc) is 3.34. The number of hydrogen-bond donors (Lipinski definition) is 0. The molecule has 0 fully saturated rings. The van der Waals surface area contributed by atoms with Crippen LogP contribution < -0.4 is 0 Å².